The van der Waals surface area contributed by atoms with Crippen molar-refractivity contribution in [3.8, 4) is 0 Å². The molecule has 3 rings (SSSR count). The first-order valence-electron chi connectivity index (χ1n) is 5.35. The van der Waals surface area contributed by atoms with Gasteiger partial charge in [-0.05, 0) is 31.0 Å². The van der Waals surface area contributed by atoms with Crippen molar-refractivity contribution < 1.29 is 4.79 Å². The molecule has 16 heavy (non-hydrogen) atoms. The summed E-state index contributed by atoms with van der Waals surface area (Å²) in [7, 11) is 1.93. The number of ketones is 1. The predicted octanol–water partition coefficient (Wildman–Crippen LogP) is 1.25. The van der Waals surface area contributed by atoms with Gasteiger partial charge in [0.15, 0.2) is 5.78 Å². The second-order valence-electron chi connectivity index (χ2n) is 4.54. The average Bonchev–Trinajstić information content (AvgIpc) is 2.94. The van der Waals surface area contributed by atoms with Crippen LogP contribution < -0.4 is 5.73 Å². The lowest BCUT2D eigenvalue weighted by Gasteiger charge is -2.07. The SMILES string of the molecule is Cn1cnc2cc(C(=O)C3(N)CC3)ccc21. The second kappa shape index (κ2) is 2.92. The first-order valence-corrected chi connectivity index (χ1v) is 5.35. The van der Waals surface area contributed by atoms with Gasteiger partial charge in [-0.15, -0.1) is 0 Å². The van der Waals surface area contributed by atoms with Crippen LogP contribution in [0.25, 0.3) is 11.0 Å². The van der Waals surface area contributed by atoms with E-state index in [9.17, 15) is 4.79 Å². The van der Waals surface area contributed by atoms with Crippen molar-refractivity contribution >= 4 is 16.8 Å². The van der Waals surface area contributed by atoms with Gasteiger partial charge in [0, 0.05) is 12.6 Å². The third-order valence-corrected chi connectivity index (χ3v) is 3.23. The highest BCUT2D eigenvalue weighted by atomic mass is 16.1. The number of hydrogen-bond acceptors (Lipinski definition) is 3. The smallest absolute Gasteiger partial charge is 0.182 e. The Bertz CT molecular complexity index is 581. The van der Waals surface area contributed by atoms with Gasteiger partial charge < -0.3 is 10.3 Å². The minimum atomic E-state index is -0.595. The van der Waals surface area contributed by atoms with E-state index in [1.165, 1.54) is 0 Å². The van der Waals surface area contributed by atoms with Crippen LogP contribution in [0.1, 0.15) is 23.2 Å². The number of imidazole rings is 1. The molecule has 2 N–H and O–H groups in total. The number of carbonyl (C=O) groups is 1. The van der Waals surface area contributed by atoms with Gasteiger partial charge in [-0.2, -0.15) is 0 Å². The second-order valence-corrected chi connectivity index (χ2v) is 4.54. The van der Waals surface area contributed by atoms with Gasteiger partial charge in [0.1, 0.15) is 0 Å². The van der Waals surface area contributed by atoms with Gasteiger partial charge in [-0.1, -0.05) is 0 Å². The molecule has 4 heteroatoms. The summed E-state index contributed by atoms with van der Waals surface area (Å²) < 4.78 is 1.93. The number of carbonyl (C=O) groups excluding carboxylic acids is 1. The van der Waals surface area contributed by atoms with Crippen LogP contribution in [0, 0.1) is 0 Å². The highest BCUT2D eigenvalue weighted by Crippen LogP contribution is 2.35. The summed E-state index contributed by atoms with van der Waals surface area (Å²) in [5, 5.41) is 0. The molecule has 1 aromatic heterocycles. The molecule has 4 nitrogen and oxygen atoms in total. The van der Waals surface area contributed by atoms with E-state index in [4.69, 9.17) is 5.73 Å². The predicted molar refractivity (Wildman–Crippen MR) is 61.2 cm³/mol. The number of nitrogens with two attached hydrogens (primary N) is 1. The van der Waals surface area contributed by atoms with E-state index in [-0.39, 0.29) is 5.78 Å². The fourth-order valence-electron chi connectivity index (χ4n) is 1.93. The highest BCUT2D eigenvalue weighted by molar-refractivity contribution is 6.06. The monoisotopic (exact) mass is 215 g/mol. The maximum atomic E-state index is 12.0. The van der Waals surface area contributed by atoms with Crippen molar-refractivity contribution in [1.82, 2.24) is 9.55 Å². The van der Waals surface area contributed by atoms with Crippen molar-refractivity contribution in [2.75, 3.05) is 0 Å². The number of benzene rings is 1. The van der Waals surface area contributed by atoms with Crippen LogP contribution in [0.4, 0.5) is 0 Å². The molecule has 1 heterocycles. The molecule has 2 aromatic rings. The molecule has 1 aliphatic carbocycles. The third kappa shape index (κ3) is 1.27. The number of nitrogens with zero attached hydrogens (tertiary/aromatic N) is 2. The van der Waals surface area contributed by atoms with Crippen molar-refractivity contribution in [3.05, 3.63) is 30.1 Å². The Labute approximate surface area is 93.1 Å². The Hall–Kier alpha value is -1.68. The lowest BCUT2D eigenvalue weighted by molar-refractivity contribution is 0.0949. The molecule has 0 aliphatic heterocycles. The fourth-order valence-corrected chi connectivity index (χ4v) is 1.93. The highest BCUT2D eigenvalue weighted by Gasteiger charge is 2.46. The number of aryl methyl sites for hydroxylation is 1. The first kappa shape index (κ1) is 9.54. The molecule has 0 amide bonds. The standard InChI is InChI=1S/C12H13N3O/c1-15-7-14-9-6-8(2-3-10(9)15)11(16)12(13)4-5-12/h2-3,6-7H,4-5,13H2,1H3. The number of hydrogen-bond donors (Lipinski definition) is 1. The zero-order valence-electron chi connectivity index (χ0n) is 9.10. The van der Waals surface area contributed by atoms with Crippen LogP contribution in [0.15, 0.2) is 24.5 Å². The lowest BCUT2D eigenvalue weighted by Crippen LogP contribution is -2.32. The molecule has 1 fully saturated rings. The van der Waals surface area contributed by atoms with Crippen LogP contribution in [0.3, 0.4) is 0 Å². The van der Waals surface area contributed by atoms with Gasteiger partial charge in [-0.25, -0.2) is 4.98 Å². The van der Waals surface area contributed by atoms with Crippen molar-refractivity contribution in [2.45, 2.75) is 18.4 Å². The molecule has 1 aliphatic rings. The molecule has 0 spiro atoms. The zero-order chi connectivity index (χ0) is 11.3. The maximum Gasteiger partial charge on any atom is 0.182 e. The summed E-state index contributed by atoms with van der Waals surface area (Å²) >= 11 is 0. The topological polar surface area (TPSA) is 60.9 Å². The van der Waals surface area contributed by atoms with E-state index < -0.39 is 5.54 Å². The Morgan fingerprint density at radius 3 is 2.94 bits per heavy atom. The quantitative estimate of drug-likeness (QED) is 0.767. The van der Waals surface area contributed by atoms with Gasteiger partial charge >= 0.3 is 0 Å². The Kier molecular flexibility index (Phi) is 1.74. The van der Waals surface area contributed by atoms with Crippen LogP contribution in [-0.2, 0) is 7.05 Å². The van der Waals surface area contributed by atoms with E-state index in [1.807, 2.05) is 29.8 Å². The Morgan fingerprint density at radius 1 is 1.50 bits per heavy atom. The van der Waals surface area contributed by atoms with E-state index in [1.54, 1.807) is 6.33 Å². The zero-order valence-corrected chi connectivity index (χ0v) is 9.10. The molecular weight excluding hydrogens is 202 g/mol. The number of fused-ring (bicyclic) bond motifs is 1. The average molecular weight is 215 g/mol. The van der Waals surface area contributed by atoms with Crippen LogP contribution >= 0.6 is 0 Å². The van der Waals surface area contributed by atoms with Crippen LogP contribution in [0.5, 0.6) is 0 Å². The molecule has 1 aromatic carbocycles. The Morgan fingerprint density at radius 2 is 2.25 bits per heavy atom. The summed E-state index contributed by atoms with van der Waals surface area (Å²) in [6.45, 7) is 0. The normalized spacial score (nSPS) is 17.6. The molecule has 0 bridgehead atoms. The van der Waals surface area contributed by atoms with Crippen LogP contribution in [0.2, 0.25) is 0 Å². The maximum absolute atomic E-state index is 12.0. The summed E-state index contributed by atoms with van der Waals surface area (Å²) in [6.07, 6.45) is 3.34. The fraction of sp³-hybridized carbons (Fsp3) is 0.333. The van der Waals surface area contributed by atoms with E-state index in [0.717, 1.165) is 23.9 Å². The van der Waals surface area contributed by atoms with E-state index in [0.29, 0.717) is 5.56 Å². The first-order chi connectivity index (χ1) is 7.60. The molecule has 1 saturated carbocycles. The number of rotatable bonds is 2. The summed E-state index contributed by atoms with van der Waals surface area (Å²) in [5.41, 5.74) is 7.85. The minimum absolute atomic E-state index is 0.0417. The third-order valence-electron chi connectivity index (χ3n) is 3.23. The summed E-state index contributed by atoms with van der Waals surface area (Å²) in [5.74, 6) is 0.0417. The Balaban J connectivity index is 2.08. The van der Waals surface area contributed by atoms with Crippen molar-refractivity contribution in [2.24, 2.45) is 12.8 Å². The van der Waals surface area contributed by atoms with Gasteiger partial charge in [-0.3, -0.25) is 4.79 Å². The molecule has 0 radical (unpaired) electrons. The van der Waals surface area contributed by atoms with E-state index >= 15 is 0 Å². The van der Waals surface area contributed by atoms with Crippen LogP contribution in [-0.4, -0.2) is 20.9 Å². The lowest BCUT2D eigenvalue weighted by atomic mass is 10.0. The molecule has 82 valence electrons. The largest absolute Gasteiger partial charge is 0.334 e. The molecule has 0 unspecified atom stereocenters. The van der Waals surface area contributed by atoms with Gasteiger partial charge in [0.25, 0.3) is 0 Å². The van der Waals surface area contributed by atoms with Gasteiger partial charge in [0.05, 0.1) is 22.9 Å². The van der Waals surface area contributed by atoms with E-state index in [2.05, 4.69) is 4.98 Å². The summed E-state index contributed by atoms with van der Waals surface area (Å²) in [4.78, 5) is 16.3. The molecular formula is C12H13N3O. The minimum Gasteiger partial charge on any atom is -0.334 e. The van der Waals surface area contributed by atoms with Gasteiger partial charge in [0.2, 0.25) is 0 Å². The van der Waals surface area contributed by atoms with Crippen molar-refractivity contribution in [3.63, 3.8) is 0 Å². The molecule has 0 saturated heterocycles. The molecule has 0 atom stereocenters. The summed E-state index contributed by atoms with van der Waals surface area (Å²) in [6, 6.07) is 5.57. The number of aromatic nitrogens is 2. The van der Waals surface area contributed by atoms with Crippen molar-refractivity contribution in [1.29, 1.82) is 0 Å². The number of Topliss-reactive ketones (excluding diaryl/α,β-unsaturated/α-hetero) is 1.